The fourth-order valence-corrected chi connectivity index (χ4v) is 2.03. The van der Waals surface area contributed by atoms with Gasteiger partial charge in [0.1, 0.15) is 11.6 Å². The zero-order valence-electron chi connectivity index (χ0n) is 10.6. The third kappa shape index (κ3) is 4.35. The highest BCUT2D eigenvalue weighted by Gasteiger charge is 2.06. The van der Waals surface area contributed by atoms with Crippen molar-refractivity contribution in [2.75, 3.05) is 11.9 Å². The SMILES string of the molecule is O=C(CCOc1ccccc1)Nc1ccc(F)cc1Br. The molecule has 2 aromatic carbocycles. The fraction of sp³-hybridized carbons (Fsp3) is 0.133. The van der Waals surface area contributed by atoms with Gasteiger partial charge in [-0.2, -0.15) is 0 Å². The molecule has 1 N–H and O–H groups in total. The molecule has 3 nitrogen and oxygen atoms in total. The molecule has 0 unspecified atom stereocenters. The van der Waals surface area contributed by atoms with Crippen LogP contribution in [-0.2, 0) is 4.79 Å². The third-order valence-electron chi connectivity index (χ3n) is 2.55. The summed E-state index contributed by atoms with van der Waals surface area (Å²) < 4.78 is 18.9. The van der Waals surface area contributed by atoms with Crippen molar-refractivity contribution in [1.29, 1.82) is 0 Å². The summed E-state index contributed by atoms with van der Waals surface area (Å²) in [5, 5.41) is 2.69. The van der Waals surface area contributed by atoms with Crippen LogP contribution in [0.4, 0.5) is 10.1 Å². The number of benzene rings is 2. The summed E-state index contributed by atoms with van der Waals surface area (Å²) in [5.74, 6) is 0.179. The van der Waals surface area contributed by atoms with Crippen molar-refractivity contribution in [2.24, 2.45) is 0 Å². The first kappa shape index (κ1) is 14.5. The molecule has 0 atom stereocenters. The highest BCUT2D eigenvalue weighted by molar-refractivity contribution is 9.10. The van der Waals surface area contributed by atoms with Gasteiger partial charge in [-0.1, -0.05) is 18.2 Å². The van der Waals surface area contributed by atoms with Gasteiger partial charge in [0.05, 0.1) is 18.7 Å². The predicted octanol–water partition coefficient (Wildman–Crippen LogP) is 4.00. The fourth-order valence-electron chi connectivity index (χ4n) is 1.58. The van der Waals surface area contributed by atoms with E-state index in [0.717, 1.165) is 5.75 Å². The second-order valence-corrected chi connectivity index (χ2v) is 4.94. The Morgan fingerprint density at radius 1 is 1.20 bits per heavy atom. The normalized spacial score (nSPS) is 10.1. The first-order valence-electron chi connectivity index (χ1n) is 6.08. The molecule has 0 aliphatic rings. The van der Waals surface area contributed by atoms with Gasteiger partial charge in [0.15, 0.2) is 0 Å². The smallest absolute Gasteiger partial charge is 0.227 e. The number of carbonyl (C=O) groups is 1. The topological polar surface area (TPSA) is 38.3 Å². The van der Waals surface area contributed by atoms with Gasteiger partial charge < -0.3 is 10.1 Å². The van der Waals surface area contributed by atoms with Crippen LogP contribution in [0.1, 0.15) is 6.42 Å². The molecule has 0 aliphatic carbocycles. The monoisotopic (exact) mass is 337 g/mol. The highest BCUT2D eigenvalue weighted by Crippen LogP contribution is 2.23. The van der Waals surface area contributed by atoms with Gasteiger partial charge in [-0.3, -0.25) is 4.79 Å². The summed E-state index contributed by atoms with van der Waals surface area (Å²) in [6.45, 7) is 0.286. The van der Waals surface area contributed by atoms with Crippen molar-refractivity contribution >= 4 is 27.5 Å². The average Bonchev–Trinajstić information content (AvgIpc) is 2.43. The van der Waals surface area contributed by atoms with E-state index in [0.29, 0.717) is 10.2 Å². The first-order valence-corrected chi connectivity index (χ1v) is 6.87. The number of amides is 1. The van der Waals surface area contributed by atoms with E-state index in [2.05, 4.69) is 21.2 Å². The van der Waals surface area contributed by atoms with Crippen LogP contribution in [0.15, 0.2) is 53.0 Å². The van der Waals surface area contributed by atoms with E-state index in [1.165, 1.54) is 18.2 Å². The number of halogens is 2. The van der Waals surface area contributed by atoms with Gasteiger partial charge in [-0.05, 0) is 46.3 Å². The minimum atomic E-state index is -0.359. The quantitative estimate of drug-likeness (QED) is 0.895. The van der Waals surface area contributed by atoms with Gasteiger partial charge in [0.2, 0.25) is 5.91 Å². The van der Waals surface area contributed by atoms with Crippen LogP contribution in [0.5, 0.6) is 5.75 Å². The van der Waals surface area contributed by atoms with Gasteiger partial charge in [0.25, 0.3) is 0 Å². The van der Waals surface area contributed by atoms with Crippen LogP contribution in [0.25, 0.3) is 0 Å². The zero-order valence-corrected chi connectivity index (χ0v) is 12.2. The number of ether oxygens (including phenoxy) is 1. The molecule has 1 amide bonds. The first-order chi connectivity index (χ1) is 9.65. The number of para-hydroxylation sites is 1. The highest BCUT2D eigenvalue weighted by atomic mass is 79.9. The van der Waals surface area contributed by atoms with E-state index in [-0.39, 0.29) is 24.8 Å². The van der Waals surface area contributed by atoms with E-state index in [1.807, 2.05) is 30.3 Å². The number of rotatable bonds is 5. The van der Waals surface area contributed by atoms with Gasteiger partial charge >= 0.3 is 0 Å². The third-order valence-corrected chi connectivity index (χ3v) is 3.20. The molecule has 0 bridgehead atoms. The molecule has 0 aromatic heterocycles. The molecule has 0 fully saturated rings. The molecular formula is C15H13BrFNO2. The number of anilines is 1. The molecule has 0 saturated carbocycles. The molecule has 2 aromatic rings. The number of nitrogens with one attached hydrogen (secondary N) is 1. The Morgan fingerprint density at radius 3 is 2.65 bits per heavy atom. The molecule has 0 spiro atoms. The van der Waals surface area contributed by atoms with Crippen molar-refractivity contribution in [3.8, 4) is 5.75 Å². The second-order valence-electron chi connectivity index (χ2n) is 4.08. The van der Waals surface area contributed by atoms with Crippen molar-refractivity contribution in [3.05, 3.63) is 58.8 Å². The lowest BCUT2D eigenvalue weighted by Gasteiger charge is -2.08. The van der Waals surface area contributed by atoms with Gasteiger partial charge in [-0.25, -0.2) is 4.39 Å². The maximum Gasteiger partial charge on any atom is 0.227 e. The molecule has 2 rings (SSSR count). The minimum Gasteiger partial charge on any atom is -0.493 e. The predicted molar refractivity (Wildman–Crippen MR) is 79.3 cm³/mol. The Hall–Kier alpha value is -1.88. The largest absolute Gasteiger partial charge is 0.493 e. The molecule has 0 aliphatic heterocycles. The van der Waals surface area contributed by atoms with Gasteiger partial charge in [0, 0.05) is 4.47 Å². The summed E-state index contributed by atoms with van der Waals surface area (Å²) in [7, 11) is 0. The maximum absolute atomic E-state index is 12.9. The maximum atomic E-state index is 12.9. The Bertz CT molecular complexity index is 590. The van der Waals surface area contributed by atoms with Crippen molar-refractivity contribution in [3.63, 3.8) is 0 Å². The summed E-state index contributed by atoms with van der Waals surface area (Å²) in [6.07, 6.45) is 0.221. The van der Waals surface area contributed by atoms with Crippen LogP contribution >= 0.6 is 15.9 Å². The molecule has 0 radical (unpaired) electrons. The van der Waals surface area contributed by atoms with Crippen LogP contribution in [-0.4, -0.2) is 12.5 Å². The standard InChI is InChI=1S/C15H13BrFNO2/c16-13-10-11(17)6-7-14(13)18-15(19)8-9-20-12-4-2-1-3-5-12/h1-7,10H,8-9H2,(H,18,19). The van der Waals surface area contributed by atoms with E-state index in [4.69, 9.17) is 4.74 Å². The Labute approximate surface area is 124 Å². The summed E-state index contributed by atoms with van der Waals surface area (Å²) in [5.41, 5.74) is 0.538. The van der Waals surface area contributed by atoms with E-state index in [9.17, 15) is 9.18 Å². The number of carbonyl (C=O) groups excluding carboxylic acids is 1. The van der Waals surface area contributed by atoms with E-state index < -0.39 is 0 Å². The second kappa shape index (κ2) is 7.05. The molecule has 20 heavy (non-hydrogen) atoms. The van der Waals surface area contributed by atoms with Crippen LogP contribution in [0.2, 0.25) is 0 Å². The lowest BCUT2D eigenvalue weighted by molar-refractivity contribution is -0.116. The molecule has 104 valence electrons. The number of hydrogen-bond acceptors (Lipinski definition) is 2. The minimum absolute atomic E-state index is 0.187. The number of hydrogen-bond donors (Lipinski definition) is 1. The molecule has 5 heteroatoms. The molecule has 0 heterocycles. The van der Waals surface area contributed by atoms with E-state index in [1.54, 1.807) is 0 Å². The lowest BCUT2D eigenvalue weighted by atomic mass is 10.3. The summed E-state index contributed by atoms with van der Waals surface area (Å²) >= 11 is 3.19. The average molecular weight is 338 g/mol. The Morgan fingerprint density at radius 2 is 1.95 bits per heavy atom. The lowest BCUT2D eigenvalue weighted by Crippen LogP contribution is -2.15. The van der Waals surface area contributed by atoms with Crippen molar-refractivity contribution in [1.82, 2.24) is 0 Å². The summed E-state index contributed by atoms with van der Waals surface area (Å²) in [4.78, 5) is 11.7. The van der Waals surface area contributed by atoms with Gasteiger partial charge in [-0.15, -0.1) is 0 Å². The van der Waals surface area contributed by atoms with Crippen molar-refractivity contribution in [2.45, 2.75) is 6.42 Å². The van der Waals surface area contributed by atoms with E-state index >= 15 is 0 Å². The molecule has 0 saturated heterocycles. The van der Waals surface area contributed by atoms with Crippen LogP contribution < -0.4 is 10.1 Å². The van der Waals surface area contributed by atoms with Crippen LogP contribution in [0.3, 0.4) is 0 Å². The molecular weight excluding hydrogens is 325 g/mol. The Kier molecular flexibility index (Phi) is 5.12. The van der Waals surface area contributed by atoms with Crippen LogP contribution in [0, 0.1) is 5.82 Å². The van der Waals surface area contributed by atoms with Crippen molar-refractivity contribution < 1.29 is 13.9 Å². The Balaban J connectivity index is 1.81. The summed E-state index contributed by atoms with van der Waals surface area (Å²) in [6, 6.07) is 13.4. The zero-order chi connectivity index (χ0) is 14.4.